The SMILES string of the molecule is COCCNS(=O)(=O)c1cccc(C(=O)N(C)Cc2ccccc2OC)c1. The van der Waals surface area contributed by atoms with Crippen molar-refractivity contribution in [2.45, 2.75) is 11.4 Å². The molecule has 7 nitrogen and oxygen atoms in total. The molecule has 0 spiro atoms. The topological polar surface area (TPSA) is 84.9 Å². The lowest BCUT2D eigenvalue weighted by Gasteiger charge is -2.19. The van der Waals surface area contributed by atoms with E-state index in [-0.39, 0.29) is 24.0 Å². The van der Waals surface area contributed by atoms with Crippen molar-refractivity contribution in [2.24, 2.45) is 0 Å². The third-order valence-corrected chi connectivity index (χ3v) is 5.39. The fourth-order valence-corrected chi connectivity index (χ4v) is 3.60. The Kier molecular flexibility index (Phi) is 7.35. The zero-order valence-electron chi connectivity index (χ0n) is 15.6. The molecule has 0 saturated carbocycles. The molecule has 27 heavy (non-hydrogen) atoms. The summed E-state index contributed by atoms with van der Waals surface area (Å²) in [4.78, 5) is 14.3. The van der Waals surface area contributed by atoms with E-state index in [1.54, 1.807) is 26.3 Å². The molecular formula is C19H24N2O5S. The number of carbonyl (C=O) groups excluding carboxylic acids is 1. The van der Waals surface area contributed by atoms with Gasteiger partial charge in [-0.1, -0.05) is 24.3 Å². The number of methoxy groups -OCH3 is 2. The smallest absolute Gasteiger partial charge is 0.253 e. The van der Waals surface area contributed by atoms with Gasteiger partial charge < -0.3 is 14.4 Å². The summed E-state index contributed by atoms with van der Waals surface area (Å²) in [7, 11) is 1.02. The molecule has 0 bridgehead atoms. The molecule has 146 valence electrons. The maximum atomic E-state index is 12.7. The van der Waals surface area contributed by atoms with E-state index in [0.29, 0.717) is 17.9 Å². The van der Waals surface area contributed by atoms with Crippen molar-refractivity contribution in [1.82, 2.24) is 9.62 Å². The molecule has 0 radical (unpaired) electrons. The van der Waals surface area contributed by atoms with Crippen LogP contribution in [0.5, 0.6) is 5.75 Å². The number of nitrogens with zero attached hydrogens (tertiary/aromatic N) is 1. The number of carbonyl (C=O) groups is 1. The summed E-state index contributed by atoms with van der Waals surface area (Å²) in [5, 5.41) is 0. The van der Waals surface area contributed by atoms with Crippen molar-refractivity contribution >= 4 is 15.9 Å². The van der Waals surface area contributed by atoms with E-state index >= 15 is 0 Å². The van der Waals surface area contributed by atoms with Crippen molar-refractivity contribution in [3.05, 3.63) is 59.7 Å². The van der Waals surface area contributed by atoms with Gasteiger partial charge in [0, 0.05) is 38.4 Å². The molecule has 2 aromatic carbocycles. The van der Waals surface area contributed by atoms with Gasteiger partial charge in [0.05, 0.1) is 18.6 Å². The monoisotopic (exact) mass is 392 g/mol. The Hall–Kier alpha value is -2.42. The number of sulfonamides is 1. The standard InChI is InChI=1S/C19H24N2O5S/c1-21(14-16-7-4-5-10-18(16)26-3)19(22)15-8-6-9-17(13-15)27(23,24)20-11-12-25-2/h4-10,13,20H,11-12,14H2,1-3H3. The third kappa shape index (κ3) is 5.53. The van der Waals surface area contributed by atoms with Gasteiger partial charge in [0.1, 0.15) is 5.75 Å². The second-order valence-corrected chi connectivity index (χ2v) is 7.66. The Morgan fingerprint density at radius 3 is 2.56 bits per heavy atom. The van der Waals surface area contributed by atoms with Crippen LogP contribution >= 0.6 is 0 Å². The average molecular weight is 392 g/mol. The maximum Gasteiger partial charge on any atom is 0.253 e. The molecule has 2 aromatic rings. The van der Waals surface area contributed by atoms with Gasteiger partial charge in [-0.2, -0.15) is 0 Å². The van der Waals surface area contributed by atoms with Gasteiger partial charge in [0.2, 0.25) is 10.0 Å². The first-order valence-electron chi connectivity index (χ1n) is 8.35. The maximum absolute atomic E-state index is 12.7. The molecule has 0 atom stereocenters. The predicted octanol–water partition coefficient (Wildman–Crippen LogP) is 1.89. The number of nitrogens with one attached hydrogen (secondary N) is 1. The lowest BCUT2D eigenvalue weighted by molar-refractivity contribution is 0.0784. The van der Waals surface area contributed by atoms with Crippen LogP contribution in [-0.2, 0) is 21.3 Å². The minimum atomic E-state index is -3.70. The molecule has 0 heterocycles. The van der Waals surface area contributed by atoms with Crippen molar-refractivity contribution in [3.63, 3.8) is 0 Å². The highest BCUT2D eigenvalue weighted by Gasteiger charge is 2.18. The number of benzene rings is 2. The van der Waals surface area contributed by atoms with E-state index in [4.69, 9.17) is 9.47 Å². The summed E-state index contributed by atoms with van der Waals surface area (Å²) >= 11 is 0. The highest BCUT2D eigenvalue weighted by Crippen LogP contribution is 2.20. The normalized spacial score (nSPS) is 11.2. The van der Waals surface area contributed by atoms with Gasteiger partial charge in [-0.25, -0.2) is 13.1 Å². The van der Waals surface area contributed by atoms with Crippen LogP contribution in [0.15, 0.2) is 53.4 Å². The van der Waals surface area contributed by atoms with Crippen LogP contribution in [0.2, 0.25) is 0 Å². The van der Waals surface area contributed by atoms with E-state index in [1.165, 1.54) is 24.1 Å². The average Bonchev–Trinajstić information content (AvgIpc) is 2.68. The molecule has 0 fully saturated rings. The minimum absolute atomic E-state index is 0.0372. The molecule has 0 aliphatic rings. The molecule has 1 N–H and O–H groups in total. The quantitative estimate of drug-likeness (QED) is 0.659. The Labute approximate surface area is 160 Å². The molecule has 1 amide bonds. The van der Waals surface area contributed by atoms with Gasteiger partial charge in [-0.3, -0.25) is 4.79 Å². The second-order valence-electron chi connectivity index (χ2n) is 5.89. The molecule has 2 rings (SSSR count). The van der Waals surface area contributed by atoms with Crippen LogP contribution in [0.3, 0.4) is 0 Å². The van der Waals surface area contributed by atoms with E-state index in [0.717, 1.165) is 5.56 Å². The summed E-state index contributed by atoms with van der Waals surface area (Å²) in [6.07, 6.45) is 0. The van der Waals surface area contributed by atoms with Gasteiger partial charge in [-0.15, -0.1) is 0 Å². The lowest BCUT2D eigenvalue weighted by Crippen LogP contribution is -2.28. The Morgan fingerprint density at radius 2 is 1.85 bits per heavy atom. The number of hydrogen-bond acceptors (Lipinski definition) is 5. The molecule has 0 saturated heterocycles. The molecule has 0 aromatic heterocycles. The zero-order valence-corrected chi connectivity index (χ0v) is 16.5. The first-order chi connectivity index (χ1) is 12.9. The van der Waals surface area contributed by atoms with E-state index in [9.17, 15) is 13.2 Å². The Balaban J connectivity index is 2.16. The van der Waals surface area contributed by atoms with Crippen molar-refractivity contribution in [3.8, 4) is 5.75 Å². The predicted molar refractivity (Wildman–Crippen MR) is 102 cm³/mol. The van der Waals surface area contributed by atoms with Crippen molar-refractivity contribution in [2.75, 3.05) is 34.4 Å². The van der Waals surface area contributed by atoms with Crippen LogP contribution < -0.4 is 9.46 Å². The van der Waals surface area contributed by atoms with E-state index in [2.05, 4.69) is 4.72 Å². The van der Waals surface area contributed by atoms with Crippen molar-refractivity contribution < 1.29 is 22.7 Å². The number of rotatable bonds is 9. The van der Waals surface area contributed by atoms with Crippen molar-refractivity contribution in [1.29, 1.82) is 0 Å². The highest BCUT2D eigenvalue weighted by atomic mass is 32.2. The first kappa shape index (κ1) is 20.9. The largest absolute Gasteiger partial charge is 0.496 e. The van der Waals surface area contributed by atoms with Crippen LogP contribution in [0.4, 0.5) is 0 Å². The first-order valence-corrected chi connectivity index (χ1v) is 9.83. The van der Waals surface area contributed by atoms with Gasteiger partial charge in [0.15, 0.2) is 0 Å². The van der Waals surface area contributed by atoms with E-state index < -0.39 is 10.0 Å². The third-order valence-electron chi connectivity index (χ3n) is 3.94. The number of hydrogen-bond donors (Lipinski definition) is 1. The molecule has 8 heteroatoms. The lowest BCUT2D eigenvalue weighted by atomic mass is 10.1. The summed E-state index contributed by atoms with van der Waals surface area (Å²) < 4.78 is 37.2. The van der Waals surface area contributed by atoms with Gasteiger partial charge in [-0.05, 0) is 24.3 Å². The van der Waals surface area contributed by atoms with Crippen LogP contribution in [0, 0.1) is 0 Å². The molecule has 0 unspecified atom stereocenters. The molecular weight excluding hydrogens is 368 g/mol. The van der Waals surface area contributed by atoms with Gasteiger partial charge in [0.25, 0.3) is 5.91 Å². The number of ether oxygens (including phenoxy) is 2. The van der Waals surface area contributed by atoms with Crippen LogP contribution in [0.1, 0.15) is 15.9 Å². The summed E-state index contributed by atoms with van der Waals surface area (Å²) in [6.45, 7) is 0.760. The van der Waals surface area contributed by atoms with Crippen LogP contribution in [-0.4, -0.2) is 53.6 Å². The minimum Gasteiger partial charge on any atom is -0.496 e. The zero-order chi connectivity index (χ0) is 19.9. The second kappa shape index (κ2) is 9.50. The number of amides is 1. The fourth-order valence-electron chi connectivity index (χ4n) is 2.54. The molecule has 0 aliphatic carbocycles. The molecule has 0 aliphatic heterocycles. The Morgan fingerprint density at radius 1 is 1.11 bits per heavy atom. The Bertz CT molecular complexity index is 883. The number of para-hydroxylation sites is 1. The highest BCUT2D eigenvalue weighted by molar-refractivity contribution is 7.89. The van der Waals surface area contributed by atoms with E-state index in [1.807, 2.05) is 24.3 Å². The van der Waals surface area contributed by atoms with Gasteiger partial charge >= 0.3 is 0 Å². The fraction of sp³-hybridized carbons (Fsp3) is 0.316. The summed E-state index contributed by atoms with van der Waals surface area (Å²) in [5.74, 6) is 0.408. The van der Waals surface area contributed by atoms with Crippen LogP contribution in [0.25, 0.3) is 0 Å². The summed E-state index contributed by atoms with van der Waals surface area (Å²) in [5.41, 5.74) is 1.16. The summed E-state index contributed by atoms with van der Waals surface area (Å²) in [6, 6.07) is 13.4.